The first-order valence-corrected chi connectivity index (χ1v) is 11.4. The third-order valence-electron chi connectivity index (χ3n) is 5.78. The SMILES string of the molecule is CNC1CCN(c2ccc(NC(=O)c3ccc(-c4ccc(C(C)C)cc4)s3)cc2)C1. The number of amides is 1. The summed E-state index contributed by atoms with van der Waals surface area (Å²) in [5, 5.41) is 6.37. The predicted molar refractivity (Wildman–Crippen MR) is 128 cm³/mol. The summed E-state index contributed by atoms with van der Waals surface area (Å²) in [6.45, 7) is 6.48. The van der Waals surface area contributed by atoms with Gasteiger partial charge in [-0.3, -0.25) is 4.79 Å². The van der Waals surface area contributed by atoms with Crippen molar-refractivity contribution < 1.29 is 4.79 Å². The first-order chi connectivity index (χ1) is 14.5. The lowest BCUT2D eigenvalue weighted by atomic mass is 10.0. The lowest BCUT2D eigenvalue weighted by Gasteiger charge is -2.19. The minimum Gasteiger partial charge on any atom is -0.370 e. The molecule has 0 bridgehead atoms. The van der Waals surface area contributed by atoms with Crippen molar-refractivity contribution in [3.05, 3.63) is 71.1 Å². The number of rotatable bonds is 6. The molecule has 2 aromatic carbocycles. The van der Waals surface area contributed by atoms with E-state index >= 15 is 0 Å². The van der Waals surface area contributed by atoms with Gasteiger partial charge in [-0.1, -0.05) is 38.1 Å². The molecular weight excluding hydrogens is 390 g/mol. The van der Waals surface area contributed by atoms with Gasteiger partial charge in [0, 0.05) is 35.4 Å². The molecule has 4 nitrogen and oxygen atoms in total. The van der Waals surface area contributed by atoms with Crippen molar-refractivity contribution >= 4 is 28.6 Å². The number of anilines is 2. The molecule has 1 atom stereocenters. The Hall–Kier alpha value is -2.63. The molecule has 4 rings (SSSR count). The number of hydrogen-bond donors (Lipinski definition) is 2. The molecule has 2 heterocycles. The topological polar surface area (TPSA) is 44.4 Å². The molecule has 2 N–H and O–H groups in total. The predicted octanol–water partition coefficient (Wildman–Crippen LogP) is 5.59. The molecule has 156 valence electrons. The molecule has 0 radical (unpaired) electrons. The fourth-order valence-electron chi connectivity index (χ4n) is 3.83. The van der Waals surface area contributed by atoms with Crippen LogP contribution in [0.25, 0.3) is 10.4 Å². The lowest BCUT2D eigenvalue weighted by molar-refractivity contribution is 0.103. The highest BCUT2D eigenvalue weighted by Gasteiger charge is 2.21. The Balaban J connectivity index is 1.39. The largest absolute Gasteiger partial charge is 0.370 e. The Morgan fingerprint density at radius 2 is 1.77 bits per heavy atom. The molecule has 3 aromatic rings. The molecule has 0 saturated carbocycles. The van der Waals surface area contributed by atoms with Gasteiger partial charge in [-0.2, -0.15) is 0 Å². The molecule has 1 aliphatic heterocycles. The van der Waals surface area contributed by atoms with Gasteiger partial charge < -0.3 is 15.5 Å². The van der Waals surface area contributed by atoms with Gasteiger partial charge in [0.15, 0.2) is 0 Å². The van der Waals surface area contributed by atoms with E-state index in [2.05, 4.69) is 65.8 Å². The standard InChI is InChI=1S/C25H29N3OS/c1-17(2)18-4-6-19(7-5-18)23-12-13-24(30-23)25(29)27-20-8-10-22(11-9-20)28-15-14-21(16-28)26-3/h4-13,17,21,26H,14-16H2,1-3H3,(H,27,29). The van der Waals surface area contributed by atoms with Crippen LogP contribution < -0.4 is 15.5 Å². The number of carbonyl (C=O) groups is 1. The summed E-state index contributed by atoms with van der Waals surface area (Å²) in [4.78, 5) is 16.9. The number of nitrogens with zero attached hydrogens (tertiary/aromatic N) is 1. The summed E-state index contributed by atoms with van der Waals surface area (Å²) in [6.07, 6.45) is 1.16. The smallest absolute Gasteiger partial charge is 0.265 e. The number of benzene rings is 2. The Morgan fingerprint density at radius 1 is 1.03 bits per heavy atom. The van der Waals surface area contributed by atoms with Gasteiger partial charge in [0.2, 0.25) is 0 Å². The number of carbonyl (C=O) groups excluding carboxylic acids is 1. The third-order valence-corrected chi connectivity index (χ3v) is 6.91. The molecule has 0 aliphatic carbocycles. The Bertz CT molecular complexity index is 992. The van der Waals surface area contributed by atoms with E-state index in [4.69, 9.17) is 0 Å². The molecular formula is C25H29N3OS. The van der Waals surface area contributed by atoms with E-state index in [9.17, 15) is 4.79 Å². The van der Waals surface area contributed by atoms with Crippen LogP contribution in [-0.4, -0.2) is 32.1 Å². The zero-order valence-corrected chi connectivity index (χ0v) is 18.6. The summed E-state index contributed by atoms with van der Waals surface area (Å²) in [5.74, 6) is 0.458. The maximum Gasteiger partial charge on any atom is 0.265 e. The first-order valence-electron chi connectivity index (χ1n) is 10.6. The average molecular weight is 420 g/mol. The molecule has 1 amide bonds. The van der Waals surface area contributed by atoms with Crippen molar-refractivity contribution in [1.82, 2.24) is 5.32 Å². The van der Waals surface area contributed by atoms with Crippen molar-refractivity contribution in [3.63, 3.8) is 0 Å². The van der Waals surface area contributed by atoms with Crippen LogP contribution in [0.2, 0.25) is 0 Å². The Morgan fingerprint density at radius 3 is 2.40 bits per heavy atom. The minimum atomic E-state index is -0.0609. The van der Waals surface area contributed by atoms with E-state index < -0.39 is 0 Å². The van der Waals surface area contributed by atoms with Crippen LogP contribution in [0, 0.1) is 0 Å². The summed E-state index contributed by atoms with van der Waals surface area (Å²) in [6, 6.07) is 21.2. The van der Waals surface area contributed by atoms with Gasteiger partial charge in [-0.25, -0.2) is 0 Å². The normalized spacial score (nSPS) is 16.3. The average Bonchev–Trinajstić information content (AvgIpc) is 3.44. The molecule has 30 heavy (non-hydrogen) atoms. The first kappa shape index (κ1) is 20.6. The monoisotopic (exact) mass is 419 g/mol. The van der Waals surface area contributed by atoms with Gasteiger partial charge in [0.1, 0.15) is 0 Å². The van der Waals surface area contributed by atoms with Crippen molar-refractivity contribution in [1.29, 1.82) is 0 Å². The van der Waals surface area contributed by atoms with Gasteiger partial charge in [0.25, 0.3) is 5.91 Å². The van der Waals surface area contributed by atoms with Crippen LogP contribution in [0.4, 0.5) is 11.4 Å². The molecule has 1 fully saturated rings. The highest BCUT2D eigenvalue weighted by Crippen LogP contribution is 2.30. The van der Waals surface area contributed by atoms with E-state index in [1.807, 2.05) is 31.3 Å². The molecule has 1 aliphatic rings. The van der Waals surface area contributed by atoms with Gasteiger partial charge in [-0.15, -0.1) is 11.3 Å². The van der Waals surface area contributed by atoms with Crippen LogP contribution in [0.3, 0.4) is 0 Å². The number of thiophene rings is 1. The number of likely N-dealkylation sites (N-methyl/N-ethyl adjacent to an activating group) is 1. The second kappa shape index (κ2) is 9.02. The van der Waals surface area contributed by atoms with E-state index in [1.54, 1.807) is 0 Å². The van der Waals surface area contributed by atoms with Crippen molar-refractivity contribution in [3.8, 4) is 10.4 Å². The van der Waals surface area contributed by atoms with E-state index in [0.29, 0.717) is 12.0 Å². The Labute approximate surface area is 182 Å². The van der Waals surface area contributed by atoms with Crippen LogP contribution in [0.5, 0.6) is 0 Å². The maximum absolute atomic E-state index is 12.7. The van der Waals surface area contributed by atoms with Crippen molar-refractivity contribution in [2.75, 3.05) is 30.4 Å². The summed E-state index contributed by atoms with van der Waals surface area (Å²) in [7, 11) is 2.02. The third kappa shape index (κ3) is 4.58. The minimum absolute atomic E-state index is 0.0609. The van der Waals surface area contributed by atoms with E-state index in [1.165, 1.54) is 22.6 Å². The fraction of sp³-hybridized carbons (Fsp3) is 0.320. The summed E-state index contributed by atoms with van der Waals surface area (Å²) in [5.41, 5.74) is 4.50. The number of nitrogens with one attached hydrogen (secondary N) is 2. The van der Waals surface area contributed by atoms with Crippen LogP contribution in [-0.2, 0) is 0 Å². The second-order valence-corrected chi connectivity index (χ2v) is 9.25. The maximum atomic E-state index is 12.7. The molecule has 5 heteroatoms. The lowest BCUT2D eigenvalue weighted by Crippen LogP contribution is -2.29. The zero-order valence-electron chi connectivity index (χ0n) is 17.8. The summed E-state index contributed by atoms with van der Waals surface area (Å²) >= 11 is 1.53. The molecule has 1 saturated heterocycles. The van der Waals surface area contributed by atoms with Crippen LogP contribution in [0.15, 0.2) is 60.7 Å². The van der Waals surface area contributed by atoms with Crippen LogP contribution >= 0.6 is 11.3 Å². The molecule has 1 aromatic heterocycles. The molecule has 0 spiro atoms. The highest BCUT2D eigenvalue weighted by atomic mass is 32.1. The van der Waals surface area contributed by atoms with E-state index in [-0.39, 0.29) is 5.91 Å². The fourth-order valence-corrected chi connectivity index (χ4v) is 4.73. The summed E-state index contributed by atoms with van der Waals surface area (Å²) < 4.78 is 0. The van der Waals surface area contributed by atoms with Gasteiger partial charge in [-0.05, 0) is 66.9 Å². The van der Waals surface area contributed by atoms with Gasteiger partial charge >= 0.3 is 0 Å². The van der Waals surface area contributed by atoms with E-state index in [0.717, 1.165) is 40.5 Å². The van der Waals surface area contributed by atoms with Crippen molar-refractivity contribution in [2.45, 2.75) is 32.2 Å². The Kier molecular flexibility index (Phi) is 6.21. The van der Waals surface area contributed by atoms with Gasteiger partial charge in [0.05, 0.1) is 4.88 Å². The van der Waals surface area contributed by atoms with Crippen LogP contribution in [0.1, 0.15) is 41.4 Å². The number of hydrogen-bond acceptors (Lipinski definition) is 4. The zero-order chi connectivity index (χ0) is 21.1. The quantitative estimate of drug-likeness (QED) is 0.547. The van der Waals surface area contributed by atoms with Crippen molar-refractivity contribution in [2.24, 2.45) is 0 Å². The highest BCUT2D eigenvalue weighted by molar-refractivity contribution is 7.17. The molecule has 1 unspecified atom stereocenters. The second-order valence-electron chi connectivity index (χ2n) is 8.16.